The first-order chi connectivity index (χ1) is 12.0. The lowest BCUT2D eigenvalue weighted by Gasteiger charge is -2.19. The van der Waals surface area contributed by atoms with Gasteiger partial charge in [-0.05, 0) is 28.8 Å². The van der Waals surface area contributed by atoms with E-state index in [-0.39, 0.29) is 6.03 Å². The molecule has 0 aliphatic carbocycles. The van der Waals surface area contributed by atoms with Crippen molar-refractivity contribution in [3.63, 3.8) is 0 Å². The Balaban J connectivity index is 1.90. The van der Waals surface area contributed by atoms with Crippen LogP contribution in [0.1, 0.15) is 16.7 Å². The molecule has 1 N–H and O–H groups in total. The molecular weight excluding hydrogens is 314 g/mol. The van der Waals surface area contributed by atoms with E-state index >= 15 is 0 Å². The lowest BCUT2D eigenvalue weighted by atomic mass is 10.1. The van der Waals surface area contributed by atoms with Gasteiger partial charge in [0.05, 0.1) is 6.61 Å². The van der Waals surface area contributed by atoms with Crippen LogP contribution >= 0.6 is 0 Å². The molecule has 2 amide bonds. The van der Waals surface area contributed by atoms with Gasteiger partial charge in [-0.1, -0.05) is 36.4 Å². The number of anilines is 1. The average Bonchev–Trinajstić information content (AvgIpc) is 2.61. The summed E-state index contributed by atoms with van der Waals surface area (Å²) in [4.78, 5) is 16.1. The number of nitrogens with zero attached hydrogens (tertiary/aromatic N) is 2. The zero-order chi connectivity index (χ0) is 18.2. The SMILES string of the molecule is COCc1ccccc1CNC(=O)N(C)Cc1ccc(N(C)C)cc1. The fraction of sp³-hybridized carbons (Fsp3) is 0.350. The van der Waals surface area contributed by atoms with Gasteiger partial charge in [0.25, 0.3) is 0 Å². The van der Waals surface area contributed by atoms with Crippen LogP contribution in [0.5, 0.6) is 0 Å². The van der Waals surface area contributed by atoms with Crippen LogP contribution in [0.3, 0.4) is 0 Å². The number of hydrogen-bond donors (Lipinski definition) is 1. The number of hydrogen-bond acceptors (Lipinski definition) is 3. The van der Waals surface area contributed by atoms with Crippen molar-refractivity contribution in [1.82, 2.24) is 10.2 Å². The summed E-state index contributed by atoms with van der Waals surface area (Å²) in [6.07, 6.45) is 0. The molecule has 0 fully saturated rings. The van der Waals surface area contributed by atoms with Crippen LogP contribution in [0.2, 0.25) is 0 Å². The van der Waals surface area contributed by atoms with E-state index < -0.39 is 0 Å². The molecule has 0 unspecified atom stereocenters. The second-order valence-corrected chi connectivity index (χ2v) is 6.28. The highest BCUT2D eigenvalue weighted by atomic mass is 16.5. The van der Waals surface area contributed by atoms with Crippen LogP contribution in [0.25, 0.3) is 0 Å². The smallest absolute Gasteiger partial charge is 0.317 e. The molecule has 0 aliphatic heterocycles. The van der Waals surface area contributed by atoms with Crippen molar-refractivity contribution in [2.45, 2.75) is 19.7 Å². The monoisotopic (exact) mass is 341 g/mol. The summed E-state index contributed by atoms with van der Waals surface area (Å²) in [6, 6.07) is 16.1. The molecule has 5 nitrogen and oxygen atoms in total. The van der Waals surface area contributed by atoms with Crippen molar-refractivity contribution >= 4 is 11.7 Å². The van der Waals surface area contributed by atoms with Gasteiger partial charge in [0.15, 0.2) is 0 Å². The maximum Gasteiger partial charge on any atom is 0.317 e. The van der Waals surface area contributed by atoms with Crippen LogP contribution in [0.15, 0.2) is 48.5 Å². The number of benzene rings is 2. The van der Waals surface area contributed by atoms with Gasteiger partial charge in [-0.3, -0.25) is 0 Å². The summed E-state index contributed by atoms with van der Waals surface area (Å²) in [5, 5.41) is 2.97. The van der Waals surface area contributed by atoms with Gasteiger partial charge in [-0.15, -0.1) is 0 Å². The second kappa shape index (κ2) is 9.08. The summed E-state index contributed by atoms with van der Waals surface area (Å²) < 4.78 is 5.20. The Labute approximate surface area is 150 Å². The van der Waals surface area contributed by atoms with E-state index in [9.17, 15) is 4.79 Å². The summed E-state index contributed by atoms with van der Waals surface area (Å²) in [7, 11) is 7.49. The highest BCUT2D eigenvalue weighted by Gasteiger charge is 2.10. The summed E-state index contributed by atoms with van der Waals surface area (Å²) in [5.74, 6) is 0. The number of ether oxygens (including phenoxy) is 1. The van der Waals surface area contributed by atoms with Crippen LogP contribution in [0, 0.1) is 0 Å². The molecular formula is C20H27N3O2. The minimum atomic E-state index is -0.0936. The highest BCUT2D eigenvalue weighted by Crippen LogP contribution is 2.14. The summed E-state index contributed by atoms with van der Waals surface area (Å²) >= 11 is 0. The molecule has 0 saturated carbocycles. The molecule has 25 heavy (non-hydrogen) atoms. The van der Waals surface area contributed by atoms with Crippen LogP contribution < -0.4 is 10.2 Å². The van der Waals surface area contributed by atoms with Gasteiger partial charge < -0.3 is 19.9 Å². The number of nitrogens with one attached hydrogen (secondary N) is 1. The van der Waals surface area contributed by atoms with Gasteiger partial charge >= 0.3 is 6.03 Å². The first-order valence-corrected chi connectivity index (χ1v) is 8.32. The highest BCUT2D eigenvalue weighted by molar-refractivity contribution is 5.73. The Kier molecular flexibility index (Phi) is 6.83. The minimum absolute atomic E-state index is 0.0936. The topological polar surface area (TPSA) is 44.8 Å². The van der Waals surface area contributed by atoms with E-state index in [1.807, 2.05) is 50.5 Å². The van der Waals surface area contributed by atoms with Crippen LogP contribution in [0.4, 0.5) is 10.5 Å². The third-order valence-electron chi connectivity index (χ3n) is 4.07. The van der Waals surface area contributed by atoms with Crippen LogP contribution in [-0.4, -0.2) is 39.2 Å². The van der Waals surface area contributed by atoms with E-state index in [0.717, 1.165) is 22.4 Å². The van der Waals surface area contributed by atoms with Gasteiger partial charge in [-0.2, -0.15) is 0 Å². The molecule has 0 saturated heterocycles. The third-order valence-corrected chi connectivity index (χ3v) is 4.07. The first-order valence-electron chi connectivity index (χ1n) is 8.32. The Morgan fingerprint density at radius 1 is 1.00 bits per heavy atom. The maximum atomic E-state index is 12.3. The Morgan fingerprint density at radius 2 is 1.64 bits per heavy atom. The predicted octanol–water partition coefficient (Wildman–Crippen LogP) is 3.24. The third kappa shape index (κ3) is 5.50. The Hall–Kier alpha value is -2.53. The van der Waals surface area contributed by atoms with Crippen molar-refractivity contribution in [3.05, 3.63) is 65.2 Å². The summed E-state index contributed by atoms with van der Waals surface area (Å²) in [6.45, 7) is 1.60. The molecule has 134 valence electrons. The number of carbonyl (C=O) groups excluding carboxylic acids is 1. The second-order valence-electron chi connectivity index (χ2n) is 6.28. The van der Waals surface area contributed by atoms with Gasteiger partial charge in [0.1, 0.15) is 0 Å². The Bertz CT molecular complexity index is 684. The molecule has 0 radical (unpaired) electrons. The number of carbonyl (C=O) groups is 1. The van der Waals surface area contributed by atoms with E-state index in [1.54, 1.807) is 19.1 Å². The molecule has 0 aliphatic rings. The lowest BCUT2D eigenvalue weighted by Crippen LogP contribution is -2.36. The van der Waals surface area contributed by atoms with Gasteiger partial charge in [0, 0.05) is 47.0 Å². The van der Waals surface area contributed by atoms with Gasteiger partial charge in [0.2, 0.25) is 0 Å². The number of methoxy groups -OCH3 is 1. The van der Waals surface area contributed by atoms with Gasteiger partial charge in [-0.25, -0.2) is 4.79 Å². The molecule has 0 atom stereocenters. The fourth-order valence-electron chi connectivity index (χ4n) is 2.58. The van der Waals surface area contributed by atoms with Crippen molar-refractivity contribution in [2.75, 3.05) is 33.2 Å². The molecule has 0 aromatic heterocycles. The summed E-state index contributed by atoms with van der Waals surface area (Å²) in [5.41, 5.74) is 4.40. The van der Waals surface area contributed by atoms with E-state index in [4.69, 9.17) is 4.74 Å². The van der Waals surface area contributed by atoms with Crippen molar-refractivity contribution in [2.24, 2.45) is 0 Å². The zero-order valence-electron chi connectivity index (χ0n) is 15.5. The predicted molar refractivity (Wildman–Crippen MR) is 102 cm³/mol. The molecule has 2 rings (SSSR count). The molecule has 0 spiro atoms. The van der Waals surface area contributed by atoms with E-state index in [1.165, 1.54) is 0 Å². The Morgan fingerprint density at radius 3 is 2.24 bits per heavy atom. The molecule has 0 bridgehead atoms. The fourth-order valence-corrected chi connectivity index (χ4v) is 2.58. The van der Waals surface area contributed by atoms with Crippen molar-refractivity contribution < 1.29 is 9.53 Å². The largest absolute Gasteiger partial charge is 0.380 e. The minimum Gasteiger partial charge on any atom is -0.380 e. The zero-order valence-corrected chi connectivity index (χ0v) is 15.5. The quantitative estimate of drug-likeness (QED) is 0.841. The average molecular weight is 341 g/mol. The number of rotatable bonds is 7. The van der Waals surface area contributed by atoms with Crippen LogP contribution in [-0.2, 0) is 24.4 Å². The number of urea groups is 1. The lowest BCUT2D eigenvalue weighted by molar-refractivity contribution is 0.183. The number of amides is 2. The van der Waals surface area contributed by atoms with E-state index in [0.29, 0.717) is 19.7 Å². The van der Waals surface area contributed by atoms with Crippen molar-refractivity contribution in [3.8, 4) is 0 Å². The molecule has 2 aromatic carbocycles. The first kappa shape index (κ1) is 18.8. The molecule has 0 heterocycles. The van der Waals surface area contributed by atoms with E-state index in [2.05, 4.69) is 22.3 Å². The molecule has 5 heteroatoms. The standard InChI is InChI=1S/C20H27N3O2/c1-22(2)19-11-9-16(10-12-19)14-23(3)20(24)21-13-17-7-5-6-8-18(17)15-25-4/h5-12H,13-15H2,1-4H3,(H,21,24). The maximum absolute atomic E-state index is 12.3. The molecule has 2 aromatic rings. The van der Waals surface area contributed by atoms with Crippen molar-refractivity contribution in [1.29, 1.82) is 0 Å². The normalized spacial score (nSPS) is 10.4.